The standard InChI is InChI=1S/C25H26F3NO5/c1-32-20-7-4-5-17(14-20)13-19(22(30)34-23(31)25(26,27)28)15-29-11-9-24(10-12-29)21-8-3-2-6-18(21)16-33-24/h2-8,14,19H,9-13,15-16H2,1H3. The number of alkyl halides is 3. The molecular formula is C25H26F3NO5. The van der Waals surface area contributed by atoms with Gasteiger partial charge < -0.3 is 19.1 Å². The molecule has 0 aliphatic carbocycles. The summed E-state index contributed by atoms with van der Waals surface area (Å²) in [5.74, 6) is -4.08. The minimum Gasteiger partial charge on any atom is -0.497 e. The summed E-state index contributed by atoms with van der Waals surface area (Å²) in [4.78, 5) is 25.9. The lowest BCUT2D eigenvalue weighted by Gasteiger charge is -2.40. The van der Waals surface area contributed by atoms with Crippen LogP contribution in [0.25, 0.3) is 0 Å². The highest BCUT2D eigenvalue weighted by atomic mass is 19.4. The predicted octanol–water partition coefficient (Wildman–Crippen LogP) is 4.01. The van der Waals surface area contributed by atoms with Gasteiger partial charge in [-0.25, -0.2) is 4.79 Å². The van der Waals surface area contributed by atoms with Crippen LogP contribution in [0.4, 0.5) is 13.2 Å². The molecule has 0 N–H and O–H groups in total. The molecule has 0 radical (unpaired) electrons. The molecule has 1 unspecified atom stereocenters. The first-order valence-corrected chi connectivity index (χ1v) is 11.1. The van der Waals surface area contributed by atoms with Crippen LogP contribution in [0.3, 0.4) is 0 Å². The summed E-state index contributed by atoms with van der Waals surface area (Å²) in [6.07, 6.45) is -3.72. The number of rotatable bonds is 6. The summed E-state index contributed by atoms with van der Waals surface area (Å²) in [7, 11) is 1.50. The minimum atomic E-state index is -5.24. The maximum atomic E-state index is 12.7. The van der Waals surface area contributed by atoms with Crippen molar-refractivity contribution < 1.29 is 37.0 Å². The molecule has 6 nitrogen and oxygen atoms in total. The van der Waals surface area contributed by atoms with Crippen LogP contribution in [-0.2, 0) is 37.7 Å². The lowest BCUT2D eigenvalue weighted by molar-refractivity contribution is -0.203. The smallest absolute Gasteiger partial charge is 0.491 e. The Balaban J connectivity index is 1.46. The molecule has 2 heterocycles. The van der Waals surface area contributed by atoms with Gasteiger partial charge in [0, 0.05) is 19.6 Å². The first-order chi connectivity index (χ1) is 16.2. The number of fused-ring (bicyclic) bond motifs is 2. The third-order valence-corrected chi connectivity index (χ3v) is 6.53. The van der Waals surface area contributed by atoms with Crippen molar-refractivity contribution in [3.8, 4) is 5.75 Å². The van der Waals surface area contributed by atoms with Gasteiger partial charge in [0.1, 0.15) is 5.75 Å². The van der Waals surface area contributed by atoms with Crippen LogP contribution < -0.4 is 4.74 Å². The van der Waals surface area contributed by atoms with E-state index in [9.17, 15) is 22.8 Å². The van der Waals surface area contributed by atoms with Gasteiger partial charge in [0.15, 0.2) is 0 Å². The highest BCUT2D eigenvalue weighted by molar-refractivity contribution is 5.89. The lowest BCUT2D eigenvalue weighted by atomic mass is 9.83. The largest absolute Gasteiger partial charge is 0.497 e. The number of hydrogen-bond acceptors (Lipinski definition) is 6. The van der Waals surface area contributed by atoms with Crippen LogP contribution in [0, 0.1) is 5.92 Å². The molecule has 1 atom stereocenters. The number of ether oxygens (including phenoxy) is 3. The Kier molecular flexibility index (Phi) is 6.95. The van der Waals surface area contributed by atoms with Crippen LogP contribution in [0.5, 0.6) is 5.75 Å². The Morgan fingerprint density at radius 3 is 2.56 bits per heavy atom. The number of benzene rings is 2. The van der Waals surface area contributed by atoms with Gasteiger partial charge in [-0.3, -0.25) is 4.79 Å². The van der Waals surface area contributed by atoms with Crippen molar-refractivity contribution in [2.24, 2.45) is 5.92 Å². The number of methoxy groups -OCH3 is 1. The van der Waals surface area contributed by atoms with Crippen molar-refractivity contribution in [3.63, 3.8) is 0 Å². The molecule has 182 valence electrons. The van der Waals surface area contributed by atoms with Gasteiger partial charge >= 0.3 is 18.1 Å². The quantitative estimate of drug-likeness (QED) is 0.463. The molecule has 2 aromatic carbocycles. The number of carbonyl (C=O) groups excluding carboxylic acids is 2. The van der Waals surface area contributed by atoms with Crippen LogP contribution in [0.1, 0.15) is 29.5 Å². The minimum absolute atomic E-state index is 0.113. The van der Waals surface area contributed by atoms with Crippen LogP contribution in [-0.4, -0.2) is 49.8 Å². The van der Waals surface area contributed by atoms with E-state index in [1.54, 1.807) is 24.3 Å². The van der Waals surface area contributed by atoms with Crippen molar-refractivity contribution in [1.29, 1.82) is 0 Å². The third-order valence-electron chi connectivity index (χ3n) is 6.53. The van der Waals surface area contributed by atoms with Gasteiger partial charge in [-0.15, -0.1) is 0 Å². The zero-order valence-corrected chi connectivity index (χ0v) is 18.8. The third kappa shape index (κ3) is 5.26. The average Bonchev–Trinajstić information content (AvgIpc) is 3.18. The van der Waals surface area contributed by atoms with E-state index in [1.807, 2.05) is 23.1 Å². The number of esters is 2. The van der Waals surface area contributed by atoms with E-state index in [0.29, 0.717) is 43.9 Å². The van der Waals surface area contributed by atoms with Crippen LogP contribution in [0.2, 0.25) is 0 Å². The monoisotopic (exact) mass is 477 g/mol. The SMILES string of the molecule is COc1cccc(CC(CN2CCC3(CC2)OCc2ccccc23)C(=O)OC(=O)C(F)(F)F)c1. The number of halogens is 3. The zero-order valence-electron chi connectivity index (χ0n) is 18.8. The van der Waals surface area contributed by atoms with E-state index in [-0.39, 0.29) is 18.6 Å². The van der Waals surface area contributed by atoms with Crippen molar-refractivity contribution in [2.75, 3.05) is 26.7 Å². The van der Waals surface area contributed by atoms with Crippen molar-refractivity contribution in [2.45, 2.75) is 37.6 Å². The van der Waals surface area contributed by atoms with Gasteiger partial charge in [0.25, 0.3) is 0 Å². The second-order valence-corrected chi connectivity index (χ2v) is 8.70. The predicted molar refractivity (Wildman–Crippen MR) is 116 cm³/mol. The summed E-state index contributed by atoms with van der Waals surface area (Å²) in [5.41, 5.74) is 2.67. The van der Waals surface area contributed by atoms with E-state index in [2.05, 4.69) is 10.8 Å². The fourth-order valence-corrected chi connectivity index (χ4v) is 4.75. The number of nitrogens with zero attached hydrogens (tertiary/aromatic N) is 1. The van der Waals surface area contributed by atoms with Gasteiger partial charge in [0.2, 0.25) is 0 Å². The van der Waals surface area contributed by atoms with E-state index in [1.165, 1.54) is 18.2 Å². The van der Waals surface area contributed by atoms with Gasteiger partial charge in [0.05, 0.1) is 25.2 Å². The van der Waals surface area contributed by atoms with Crippen molar-refractivity contribution >= 4 is 11.9 Å². The average molecular weight is 477 g/mol. The summed E-state index contributed by atoms with van der Waals surface area (Å²) in [5, 5.41) is 0. The fourth-order valence-electron chi connectivity index (χ4n) is 4.75. The fraction of sp³-hybridized carbons (Fsp3) is 0.440. The molecule has 4 rings (SSSR count). The Labute approximate surface area is 195 Å². The molecule has 2 aromatic rings. The van der Waals surface area contributed by atoms with Crippen molar-refractivity contribution in [3.05, 3.63) is 65.2 Å². The van der Waals surface area contributed by atoms with Crippen molar-refractivity contribution in [1.82, 2.24) is 4.90 Å². The molecule has 34 heavy (non-hydrogen) atoms. The summed E-state index contributed by atoms with van der Waals surface area (Å²) in [6, 6.07) is 15.0. The normalized spacial score (nSPS) is 18.4. The molecule has 0 saturated carbocycles. The summed E-state index contributed by atoms with van der Waals surface area (Å²) >= 11 is 0. The van der Waals surface area contributed by atoms with E-state index >= 15 is 0 Å². The highest BCUT2D eigenvalue weighted by Gasteiger charge is 2.45. The molecular weight excluding hydrogens is 451 g/mol. The zero-order chi connectivity index (χ0) is 24.3. The first kappa shape index (κ1) is 24.2. The van der Waals surface area contributed by atoms with E-state index in [4.69, 9.17) is 9.47 Å². The Bertz CT molecular complexity index is 1050. The topological polar surface area (TPSA) is 65.1 Å². The second kappa shape index (κ2) is 9.76. The molecule has 0 bridgehead atoms. The number of piperidine rings is 1. The molecule has 2 aliphatic heterocycles. The van der Waals surface area contributed by atoms with Crippen LogP contribution >= 0.6 is 0 Å². The van der Waals surface area contributed by atoms with Gasteiger partial charge in [-0.05, 0) is 48.1 Å². The Hall–Kier alpha value is -2.91. The summed E-state index contributed by atoms with van der Waals surface area (Å²) < 4.78 is 53.6. The second-order valence-electron chi connectivity index (χ2n) is 8.70. The number of carbonyl (C=O) groups is 2. The molecule has 1 saturated heterocycles. The molecule has 9 heteroatoms. The van der Waals surface area contributed by atoms with Gasteiger partial charge in [-0.1, -0.05) is 36.4 Å². The highest BCUT2D eigenvalue weighted by Crippen LogP contribution is 2.44. The first-order valence-electron chi connectivity index (χ1n) is 11.1. The summed E-state index contributed by atoms with van der Waals surface area (Å²) in [6.45, 7) is 1.92. The molecule has 2 aliphatic rings. The Morgan fingerprint density at radius 1 is 1.12 bits per heavy atom. The maximum absolute atomic E-state index is 12.7. The molecule has 1 fully saturated rings. The van der Waals surface area contributed by atoms with Gasteiger partial charge in [-0.2, -0.15) is 13.2 Å². The van der Waals surface area contributed by atoms with E-state index in [0.717, 1.165) is 0 Å². The molecule has 0 amide bonds. The Morgan fingerprint density at radius 2 is 1.85 bits per heavy atom. The molecule has 0 aromatic heterocycles. The van der Waals surface area contributed by atoms with Crippen LogP contribution in [0.15, 0.2) is 48.5 Å². The molecule has 1 spiro atoms. The number of likely N-dealkylation sites (tertiary alicyclic amines) is 1. The number of hydrogen-bond donors (Lipinski definition) is 0. The lowest BCUT2D eigenvalue weighted by Crippen LogP contribution is -2.46. The maximum Gasteiger partial charge on any atom is 0.491 e. The van der Waals surface area contributed by atoms with E-state index < -0.39 is 24.0 Å².